The molecule has 2 aromatic heterocycles. The van der Waals surface area contributed by atoms with Gasteiger partial charge in [0.2, 0.25) is 5.95 Å². The van der Waals surface area contributed by atoms with E-state index >= 15 is 0 Å². The largest absolute Gasteiger partial charge is 1.00 e. The Hall–Kier alpha value is 2.48. The van der Waals surface area contributed by atoms with E-state index in [2.05, 4.69) is 28.1 Å². The molecule has 2 unspecified atom stereocenters. The molecule has 0 aliphatic carbocycles. The predicted molar refractivity (Wildman–Crippen MR) is 88.0 cm³/mol. The molecule has 1 aliphatic heterocycles. The van der Waals surface area contributed by atoms with Crippen LogP contribution >= 0.6 is 23.5 Å². The van der Waals surface area contributed by atoms with Gasteiger partial charge in [-0.1, -0.05) is 0 Å². The molecule has 1 fully saturated rings. The Balaban J connectivity index is 0. The molecule has 0 radical (unpaired) electrons. The maximum absolute atomic E-state index is 11.8. The fourth-order valence-corrected chi connectivity index (χ4v) is 5.50. The number of aliphatic hydroxyl groups is 1. The molecular weight excluding hydrogens is 598 g/mol. The predicted octanol–water partition coefficient (Wildman–Crippen LogP) is -15.8. The van der Waals surface area contributed by atoms with E-state index in [1.54, 1.807) is 0 Å². The third kappa shape index (κ3) is 11.5. The van der Waals surface area contributed by atoms with E-state index in [1.807, 2.05) is 0 Å². The van der Waals surface area contributed by atoms with Crippen LogP contribution in [-0.4, -0.2) is 43.4 Å². The molecule has 174 valence electrons. The maximum Gasteiger partial charge on any atom is 1.00 e. The molecule has 25 heteroatoms. The summed E-state index contributed by atoms with van der Waals surface area (Å²) < 4.78 is 50.4. The number of phosphoric ester groups is 1. The SMILES string of the molecule is [15NH2][13c]1[15n][13c]2[13c]([15n][13cH][15n]2[13C@H]2[13CH2][13C@H](O)[13C@@H]([13CH2]OP(=O)([O-])OP(=O)([O-])OP(=O)([O-])[O-])O2)[13c](=O)[15nH]1.[Na+].[Na+].[Na+].[Na+]. The summed E-state index contributed by atoms with van der Waals surface area (Å²) >= 11 is 0. The van der Waals surface area contributed by atoms with Crippen molar-refractivity contribution in [3.05, 3.63) is 16.7 Å². The summed E-state index contributed by atoms with van der Waals surface area (Å²) in [6.45, 7) is -0.965. The van der Waals surface area contributed by atoms with Gasteiger partial charge >= 0.3 is 118 Å². The third-order valence-electron chi connectivity index (χ3n) is 3.76. The Morgan fingerprint density at radius 3 is 2.31 bits per heavy atom. The first-order chi connectivity index (χ1) is 14.2. The first-order valence-electron chi connectivity index (χ1n) is 7.93. The van der Waals surface area contributed by atoms with Gasteiger partial charge in [-0.15, -0.1) is 0 Å². The van der Waals surface area contributed by atoms with Crippen molar-refractivity contribution in [2.45, 2.75) is 24.9 Å². The molecule has 0 aromatic carbocycles. The Bertz CT molecular complexity index is 1190. The molecule has 1 saturated heterocycles. The van der Waals surface area contributed by atoms with Gasteiger partial charge in [-0.25, -0.2) is 9.29 Å². The number of rotatable bonds is 8. The number of hydrogen-bond acceptors (Lipinski definition) is 16. The van der Waals surface area contributed by atoms with E-state index in [1.165, 1.54) is 10.9 Å². The second-order valence-corrected chi connectivity index (χ2v) is 10.3. The van der Waals surface area contributed by atoms with Crippen LogP contribution in [0.5, 0.6) is 0 Å². The van der Waals surface area contributed by atoms with Crippen LogP contribution in [0.25, 0.3) is 11.2 Å². The Morgan fingerprint density at radius 1 is 1.14 bits per heavy atom. The van der Waals surface area contributed by atoms with Crippen molar-refractivity contribution in [2.24, 2.45) is 0 Å². The van der Waals surface area contributed by atoms with Gasteiger partial charge in [0.05, 0.1) is 26.9 Å². The van der Waals surface area contributed by atoms with Gasteiger partial charge in [0, 0.05) is 6.42 Å². The zero-order valence-electron chi connectivity index (χ0n) is 18.8. The molecular formula is C10H12N5Na4O13P3. The second kappa shape index (κ2) is 15.5. The topological polar surface area (TPSA) is 290 Å². The number of phosphoric acid groups is 3. The van der Waals surface area contributed by atoms with Gasteiger partial charge in [-0.3, -0.25) is 27.8 Å². The molecule has 0 amide bonds. The normalized spacial score (nSPS) is 23.1. The zero-order valence-corrected chi connectivity index (χ0v) is 29.5. The van der Waals surface area contributed by atoms with Gasteiger partial charge in [0.15, 0.2) is 11.2 Å². The summed E-state index contributed by atoms with van der Waals surface area (Å²) in [7, 11) is -18.0. The number of nitrogens with zero attached hydrogens (tertiary/aromatic N) is 3. The number of aliphatic hydroxyl groups excluding tert-OH is 1. The number of imidazole rings is 1. The van der Waals surface area contributed by atoms with Gasteiger partial charge in [0.1, 0.15) is 12.3 Å². The van der Waals surface area contributed by atoms with Crippen molar-refractivity contribution in [1.29, 1.82) is 0 Å². The van der Waals surface area contributed by atoms with Crippen LogP contribution in [0.3, 0.4) is 0 Å². The van der Waals surface area contributed by atoms with Gasteiger partial charge in [-0.05, 0) is 0 Å². The fraction of sp³-hybridized carbons (Fsp3) is 0.500. The summed E-state index contributed by atoms with van der Waals surface area (Å²) in [6.07, 6.45) is -2.64. The van der Waals surface area contributed by atoms with E-state index in [0.29, 0.717) is 0 Å². The summed E-state index contributed by atoms with van der Waals surface area (Å²) in [6, 6.07) is 0. The summed E-state index contributed by atoms with van der Waals surface area (Å²) in [4.78, 5) is 65.1. The fourth-order valence-electron chi connectivity index (χ4n) is 2.64. The van der Waals surface area contributed by atoms with Gasteiger partial charge in [-0.2, -0.15) is 4.98 Å². The molecule has 35 heavy (non-hydrogen) atoms. The van der Waals surface area contributed by atoms with Crippen molar-refractivity contribution in [3.63, 3.8) is 0 Å². The van der Waals surface area contributed by atoms with Crippen LogP contribution < -0.4 is 149 Å². The Kier molecular flexibility index (Phi) is 17.5. The van der Waals surface area contributed by atoms with Crippen LogP contribution in [0.15, 0.2) is 11.1 Å². The van der Waals surface area contributed by atoms with Crippen molar-refractivity contribution in [2.75, 3.05) is 12.3 Å². The minimum absolute atomic E-state index is 0. The Morgan fingerprint density at radius 2 is 1.74 bits per heavy atom. The number of ether oxygens (including phenoxy) is 1. The van der Waals surface area contributed by atoms with Crippen LogP contribution in [0.2, 0.25) is 0 Å². The zero-order chi connectivity index (χ0) is 23.2. The summed E-state index contributed by atoms with van der Waals surface area (Å²) in [5.41, 5.74) is 4.78. The standard InChI is InChI=1S/C10H16N5O13P3.4Na/c11-10-13-8-7(9(17)14-10)12-3-15(8)6-1-4(16)5(26-6)2-25-30(21,22)28-31(23,24)27-29(18,19)20;;;;/h3-6,16H,1-2H2,(H,21,22)(H,23,24)(H2,18,19,20)(H3,11,13,14,17);;;;/q;4*+1/p-4/t4-,5+,6+;;;;/m0..../s1/i1+1,2+1,3+1,4+1,5+1,6+1,7+1,8+1,9+1,10+1,11+1,12+1,13+1,14+1,15+1;;;;. The first kappa shape index (κ1) is 39.6. The minimum atomic E-state index is -6.12. The number of aromatic nitrogens is 4. The van der Waals surface area contributed by atoms with Crippen molar-refractivity contribution >= 4 is 40.6 Å². The number of nitrogen functional groups attached to an aromatic ring is 1. The second-order valence-electron chi connectivity index (χ2n) is 6.01. The van der Waals surface area contributed by atoms with E-state index < -0.39 is 54.1 Å². The number of fused-ring (bicyclic) bond motifs is 1. The van der Waals surface area contributed by atoms with E-state index in [4.69, 9.17) is 10.5 Å². The summed E-state index contributed by atoms with van der Waals surface area (Å²) in [5.74, 6) is -0.216. The quantitative estimate of drug-likeness (QED) is 0.108. The molecule has 0 saturated carbocycles. The monoisotopic (exact) mass is 610 g/mol. The van der Waals surface area contributed by atoms with Crippen molar-refractivity contribution in [3.8, 4) is 0 Å². The number of nitrogens with one attached hydrogen (secondary N) is 1. The number of hydrogen-bond donors (Lipinski definition) is 3. The van der Waals surface area contributed by atoms with Crippen molar-refractivity contribution in [1.82, 2.24) is 19.5 Å². The molecule has 0 bridgehead atoms. The van der Waals surface area contributed by atoms with Crippen LogP contribution in [0.4, 0.5) is 5.95 Å². The number of anilines is 1. The van der Waals surface area contributed by atoms with Crippen LogP contribution in [-0.2, 0) is 31.6 Å². The number of H-pyrrole nitrogens is 1. The van der Waals surface area contributed by atoms with Gasteiger partial charge in [0.25, 0.3) is 21.2 Å². The van der Waals surface area contributed by atoms with Gasteiger partial charge < -0.3 is 44.2 Å². The average molecular weight is 610 g/mol. The third-order valence-corrected chi connectivity index (χ3v) is 7.43. The summed E-state index contributed by atoms with van der Waals surface area (Å²) in [5, 5.41) is 10.1. The molecule has 3 rings (SSSR count). The number of nitrogens with two attached hydrogens (primary N) is 1. The Labute approximate surface area is 284 Å². The first-order valence-corrected chi connectivity index (χ1v) is 12.3. The molecule has 5 atom stereocenters. The molecule has 2 aromatic rings. The van der Waals surface area contributed by atoms with E-state index in [9.17, 15) is 43.2 Å². The average Bonchev–Trinajstić information content (AvgIpc) is 3.13. The van der Waals surface area contributed by atoms with Crippen LogP contribution in [0, 0.1) is 0 Å². The van der Waals surface area contributed by atoms with Crippen LogP contribution in [0.1, 0.15) is 12.6 Å². The molecule has 0 spiro atoms. The molecule has 1 aliphatic rings. The smallest absolute Gasteiger partial charge is 0.790 e. The minimum Gasteiger partial charge on any atom is -0.790 e. The molecule has 4 N–H and O–H groups in total. The molecule has 18 nitrogen and oxygen atoms in total. The maximum atomic E-state index is 11.8. The van der Waals surface area contributed by atoms with Crippen molar-refractivity contribution < 1.29 is 174 Å². The molecule has 3 heterocycles. The van der Waals surface area contributed by atoms with E-state index in [-0.39, 0.29) is 142 Å². The van der Waals surface area contributed by atoms with E-state index in [0.717, 1.165) is 0 Å². The number of aromatic amines is 1.